The number of halogens is 1. The number of carbonyl (C=O) groups is 1. The van der Waals surface area contributed by atoms with E-state index in [9.17, 15) is 9.36 Å². The third-order valence-corrected chi connectivity index (χ3v) is 1.36. The molecular weight excluding hydrogens is 210 g/mol. The molecule has 0 aliphatic carbocycles. The largest absolute Gasteiger partial charge is 0.339 e. The quantitative estimate of drug-likeness (QED) is 0.227. The summed E-state index contributed by atoms with van der Waals surface area (Å²) in [5, 5.41) is 10.1. The van der Waals surface area contributed by atoms with Crippen LogP contribution >= 0.6 is 20.0 Å². The zero-order valence-electron chi connectivity index (χ0n) is 5.93. The van der Waals surface area contributed by atoms with Gasteiger partial charge in [0.1, 0.15) is 0 Å². The third-order valence-electron chi connectivity index (χ3n) is 0.728. The minimum absolute atomic E-state index is 0. The maximum atomic E-state index is 10.2. The van der Waals surface area contributed by atoms with E-state index in [1.165, 1.54) is 5.48 Å². The lowest BCUT2D eigenvalue weighted by molar-refractivity contribution is -0.128. The van der Waals surface area contributed by atoms with Gasteiger partial charge in [-0.2, -0.15) is 0 Å². The van der Waals surface area contributed by atoms with Gasteiger partial charge >= 0.3 is 7.60 Å². The van der Waals surface area contributed by atoms with Gasteiger partial charge in [-0.05, 0) is 0 Å². The van der Waals surface area contributed by atoms with E-state index < -0.39 is 19.8 Å². The topological polar surface area (TPSA) is 119 Å². The number of hydroxylamine groups is 1. The van der Waals surface area contributed by atoms with Crippen molar-refractivity contribution < 1.29 is 24.4 Å². The predicted molar refractivity (Wildman–Crippen MR) is 42.1 cm³/mol. The van der Waals surface area contributed by atoms with Crippen LogP contribution in [-0.4, -0.2) is 33.7 Å². The standard InChI is InChI=1S/C3H9N2O5P.ClH/c6-3(5-7)1-4-2-11(8,9)10;/h4,7H,1-2H2,(H,5,6)(H2,8,9,10);1H. The maximum absolute atomic E-state index is 10.2. The van der Waals surface area contributed by atoms with Crippen LogP contribution in [0, 0.1) is 0 Å². The van der Waals surface area contributed by atoms with Crippen molar-refractivity contribution in [3.05, 3.63) is 0 Å². The Morgan fingerprint density at radius 3 is 2.25 bits per heavy atom. The molecule has 0 saturated heterocycles. The molecule has 5 N–H and O–H groups in total. The molecule has 9 heteroatoms. The minimum Gasteiger partial charge on any atom is -0.324 e. The Bertz CT molecular complexity index is 182. The van der Waals surface area contributed by atoms with Gasteiger partial charge < -0.3 is 9.79 Å². The summed E-state index contributed by atoms with van der Waals surface area (Å²) in [6.07, 6.45) is -0.583. The molecule has 0 bridgehead atoms. The van der Waals surface area contributed by atoms with Crippen molar-refractivity contribution in [3.63, 3.8) is 0 Å². The second-order valence-corrected chi connectivity index (χ2v) is 3.43. The van der Waals surface area contributed by atoms with Crippen LogP contribution in [0.5, 0.6) is 0 Å². The Labute approximate surface area is 74.7 Å². The first-order valence-corrected chi connectivity index (χ1v) is 4.43. The first-order chi connectivity index (χ1) is 4.95. The fraction of sp³-hybridized carbons (Fsp3) is 0.667. The van der Waals surface area contributed by atoms with Crippen LogP contribution in [0.4, 0.5) is 0 Å². The average molecular weight is 221 g/mol. The fourth-order valence-electron chi connectivity index (χ4n) is 0.355. The Balaban J connectivity index is 0. The van der Waals surface area contributed by atoms with E-state index in [2.05, 4.69) is 5.32 Å². The van der Waals surface area contributed by atoms with E-state index in [1.807, 2.05) is 0 Å². The Morgan fingerprint density at radius 1 is 1.42 bits per heavy atom. The van der Waals surface area contributed by atoms with Crippen LogP contribution in [-0.2, 0) is 9.36 Å². The molecule has 0 unspecified atom stereocenters. The van der Waals surface area contributed by atoms with Crippen molar-refractivity contribution in [2.45, 2.75) is 0 Å². The van der Waals surface area contributed by atoms with Gasteiger partial charge in [0.2, 0.25) is 0 Å². The zero-order chi connectivity index (χ0) is 8.91. The summed E-state index contributed by atoms with van der Waals surface area (Å²) in [5.41, 5.74) is 1.30. The second kappa shape index (κ2) is 6.36. The van der Waals surface area contributed by atoms with Gasteiger partial charge in [0.25, 0.3) is 5.91 Å². The molecule has 0 spiro atoms. The summed E-state index contributed by atoms with van der Waals surface area (Å²) in [6, 6.07) is 0. The molecule has 0 aromatic rings. The van der Waals surface area contributed by atoms with Gasteiger partial charge in [0.15, 0.2) is 0 Å². The molecule has 0 saturated carbocycles. The zero-order valence-corrected chi connectivity index (χ0v) is 7.64. The van der Waals surface area contributed by atoms with Gasteiger partial charge in [-0.3, -0.25) is 19.9 Å². The lowest BCUT2D eigenvalue weighted by Gasteiger charge is -2.03. The van der Waals surface area contributed by atoms with Crippen LogP contribution in [0.3, 0.4) is 0 Å². The van der Waals surface area contributed by atoms with E-state index in [0.29, 0.717) is 0 Å². The molecule has 0 aromatic carbocycles. The summed E-state index contributed by atoms with van der Waals surface area (Å²) in [4.78, 5) is 26.7. The Morgan fingerprint density at radius 2 is 1.92 bits per heavy atom. The molecule has 0 atom stereocenters. The summed E-state index contributed by atoms with van der Waals surface area (Å²) < 4.78 is 10.1. The summed E-state index contributed by atoms with van der Waals surface area (Å²) in [7, 11) is -4.11. The molecule has 0 rings (SSSR count). The maximum Gasteiger partial charge on any atom is 0.339 e. The normalized spacial score (nSPS) is 10.2. The van der Waals surface area contributed by atoms with E-state index >= 15 is 0 Å². The molecule has 0 heterocycles. The van der Waals surface area contributed by atoms with Crippen LogP contribution in [0.25, 0.3) is 0 Å². The summed E-state index contributed by atoms with van der Waals surface area (Å²) in [6.45, 7) is -0.332. The molecule has 0 aliphatic rings. The number of carbonyl (C=O) groups excluding carboxylic acids is 1. The van der Waals surface area contributed by atoms with E-state index in [1.54, 1.807) is 0 Å². The molecule has 0 fully saturated rings. The molecular formula is C3H10ClN2O5P. The van der Waals surface area contributed by atoms with Crippen LogP contribution in [0.15, 0.2) is 0 Å². The van der Waals surface area contributed by atoms with Gasteiger partial charge in [0, 0.05) is 0 Å². The predicted octanol–water partition coefficient (Wildman–Crippen LogP) is -1.36. The number of nitrogens with one attached hydrogen (secondary N) is 2. The molecule has 0 radical (unpaired) electrons. The number of amides is 1. The Kier molecular flexibility index (Phi) is 7.61. The fourth-order valence-corrected chi connectivity index (χ4v) is 0.758. The van der Waals surface area contributed by atoms with Crippen molar-refractivity contribution in [2.75, 3.05) is 12.8 Å². The number of hydrogen-bond acceptors (Lipinski definition) is 4. The van der Waals surface area contributed by atoms with Crippen molar-refractivity contribution in [2.24, 2.45) is 0 Å². The first kappa shape index (κ1) is 14.4. The van der Waals surface area contributed by atoms with Gasteiger partial charge in [-0.1, -0.05) is 0 Å². The van der Waals surface area contributed by atoms with Crippen LogP contribution < -0.4 is 10.8 Å². The van der Waals surface area contributed by atoms with Crippen LogP contribution in [0.1, 0.15) is 0 Å². The SMILES string of the molecule is Cl.O=C(CNCP(=O)(O)O)NO. The second-order valence-electron chi connectivity index (χ2n) is 1.78. The Hall–Kier alpha value is -0.170. The highest BCUT2D eigenvalue weighted by Crippen LogP contribution is 2.31. The molecule has 74 valence electrons. The van der Waals surface area contributed by atoms with Crippen molar-refractivity contribution >= 4 is 25.9 Å². The highest BCUT2D eigenvalue weighted by Gasteiger charge is 2.11. The minimum atomic E-state index is -4.11. The van der Waals surface area contributed by atoms with E-state index in [-0.39, 0.29) is 19.0 Å². The molecule has 1 amide bonds. The van der Waals surface area contributed by atoms with Gasteiger partial charge in [-0.25, -0.2) is 5.48 Å². The van der Waals surface area contributed by atoms with E-state index in [4.69, 9.17) is 15.0 Å². The summed E-state index contributed by atoms with van der Waals surface area (Å²) >= 11 is 0. The molecule has 12 heavy (non-hydrogen) atoms. The smallest absolute Gasteiger partial charge is 0.324 e. The van der Waals surface area contributed by atoms with Crippen LogP contribution in [0.2, 0.25) is 0 Å². The molecule has 0 aliphatic heterocycles. The number of rotatable bonds is 4. The monoisotopic (exact) mass is 220 g/mol. The van der Waals surface area contributed by atoms with Gasteiger partial charge in [-0.15, -0.1) is 12.4 Å². The van der Waals surface area contributed by atoms with Crippen molar-refractivity contribution in [3.8, 4) is 0 Å². The van der Waals surface area contributed by atoms with Crippen molar-refractivity contribution in [1.82, 2.24) is 10.8 Å². The van der Waals surface area contributed by atoms with E-state index in [0.717, 1.165) is 0 Å². The third kappa shape index (κ3) is 9.83. The van der Waals surface area contributed by atoms with Gasteiger partial charge in [0.05, 0.1) is 12.8 Å². The molecule has 0 aromatic heterocycles. The highest BCUT2D eigenvalue weighted by atomic mass is 35.5. The lowest BCUT2D eigenvalue weighted by atomic mass is 10.6. The number of hydrogen-bond donors (Lipinski definition) is 5. The summed E-state index contributed by atoms with van der Waals surface area (Å²) in [5.74, 6) is -0.751. The first-order valence-electron chi connectivity index (χ1n) is 2.64. The van der Waals surface area contributed by atoms with Crippen molar-refractivity contribution in [1.29, 1.82) is 0 Å². The highest BCUT2D eigenvalue weighted by molar-refractivity contribution is 7.51. The molecule has 7 nitrogen and oxygen atoms in total. The lowest BCUT2D eigenvalue weighted by Crippen LogP contribution is -2.32. The average Bonchev–Trinajstić information content (AvgIpc) is 1.85.